The third-order valence-corrected chi connectivity index (χ3v) is 2.55. The Labute approximate surface area is 104 Å². The largest absolute Gasteiger partial charge is 0.376 e. The number of carbonyl (C=O) groups excluding carboxylic acids is 1. The first kappa shape index (κ1) is 13.6. The molecule has 0 saturated heterocycles. The summed E-state index contributed by atoms with van der Waals surface area (Å²) in [5.41, 5.74) is 2.20. The van der Waals surface area contributed by atoms with Crippen molar-refractivity contribution in [2.45, 2.75) is 27.2 Å². The molecule has 17 heavy (non-hydrogen) atoms. The van der Waals surface area contributed by atoms with E-state index in [1.54, 1.807) is 0 Å². The fourth-order valence-electron chi connectivity index (χ4n) is 1.42. The molecule has 0 aromatic heterocycles. The first-order valence-corrected chi connectivity index (χ1v) is 6.15. The lowest BCUT2D eigenvalue weighted by Gasteiger charge is -2.09. The standard InChI is InChI=1S/C14H22N2O/c1-11(2)8-9-15-14(17)10-16-13-6-4-12(3)5-7-13/h4-7,11,16H,8-10H2,1-3H3,(H,15,17). The summed E-state index contributed by atoms with van der Waals surface area (Å²) in [5.74, 6) is 0.673. The molecule has 0 aliphatic heterocycles. The zero-order valence-corrected chi connectivity index (χ0v) is 10.9. The lowest BCUT2D eigenvalue weighted by Crippen LogP contribution is -2.31. The SMILES string of the molecule is Cc1ccc(NCC(=O)NCCC(C)C)cc1. The highest BCUT2D eigenvalue weighted by Crippen LogP contribution is 2.07. The van der Waals surface area contributed by atoms with Crippen molar-refractivity contribution >= 4 is 11.6 Å². The fraction of sp³-hybridized carbons (Fsp3) is 0.500. The second-order valence-electron chi connectivity index (χ2n) is 4.75. The predicted octanol–water partition coefficient (Wildman–Crippen LogP) is 2.57. The summed E-state index contributed by atoms with van der Waals surface area (Å²) in [6, 6.07) is 8.02. The van der Waals surface area contributed by atoms with Gasteiger partial charge >= 0.3 is 0 Å². The average Bonchev–Trinajstić information content (AvgIpc) is 2.28. The maximum Gasteiger partial charge on any atom is 0.239 e. The molecule has 3 nitrogen and oxygen atoms in total. The van der Waals surface area contributed by atoms with E-state index in [4.69, 9.17) is 0 Å². The van der Waals surface area contributed by atoms with Gasteiger partial charge in [0.1, 0.15) is 0 Å². The van der Waals surface area contributed by atoms with Gasteiger partial charge in [-0.25, -0.2) is 0 Å². The molecular formula is C14H22N2O. The molecule has 1 amide bonds. The van der Waals surface area contributed by atoms with E-state index >= 15 is 0 Å². The van der Waals surface area contributed by atoms with Gasteiger partial charge in [0.05, 0.1) is 6.54 Å². The van der Waals surface area contributed by atoms with Gasteiger partial charge in [0, 0.05) is 12.2 Å². The number of aryl methyl sites for hydroxylation is 1. The summed E-state index contributed by atoms with van der Waals surface area (Å²) in [5, 5.41) is 5.99. The molecule has 0 spiro atoms. The summed E-state index contributed by atoms with van der Waals surface area (Å²) in [4.78, 5) is 11.5. The lowest BCUT2D eigenvalue weighted by atomic mass is 10.1. The number of nitrogens with one attached hydrogen (secondary N) is 2. The van der Waals surface area contributed by atoms with Crippen molar-refractivity contribution in [3.63, 3.8) is 0 Å². The molecule has 0 atom stereocenters. The molecule has 0 bridgehead atoms. The Bertz CT molecular complexity index is 344. The third kappa shape index (κ3) is 5.95. The van der Waals surface area contributed by atoms with Crippen molar-refractivity contribution in [2.24, 2.45) is 5.92 Å². The molecular weight excluding hydrogens is 212 g/mol. The van der Waals surface area contributed by atoms with Crippen LogP contribution in [0.2, 0.25) is 0 Å². The number of hydrogen-bond acceptors (Lipinski definition) is 2. The van der Waals surface area contributed by atoms with Gasteiger partial charge in [0.25, 0.3) is 0 Å². The van der Waals surface area contributed by atoms with Crippen LogP contribution in [0.4, 0.5) is 5.69 Å². The highest BCUT2D eigenvalue weighted by Gasteiger charge is 2.01. The smallest absolute Gasteiger partial charge is 0.239 e. The van der Waals surface area contributed by atoms with E-state index in [1.165, 1.54) is 5.56 Å². The minimum atomic E-state index is 0.0474. The molecule has 0 aliphatic carbocycles. The lowest BCUT2D eigenvalue weighted by molar-refractivity contribution is -0.119. The van der Waals surface area contributed by atoms with Gasteiger partial charge in [-0.3, -0.25) is 4.79 Å². The monoisotopic (exact) mass is 234 g/mol. The highest BCUT2D eigenvalue weighted by molar-refractivity contribution is 5.80. The zero-order valence-electron chi connectivity index (χ0n) is 10.9. The Balaban J connectivity index is 2.21. The van der Waals surface area contributed by atoms with Crippen molar-refractivity contribution < 1.29 is 4.79 Å². The van der Waals surface area contributed by atoms with E-state index in [0.717, 1.165) is 18.7 Å². The molecule has 1 aromatic carbocycles. The number of anilines is 1. The van der Waals surface area contributed by atoms with E-state index in [2.05, 4.69) is 24.5 Å². The molecule has 2 N–H and O–H groups in total. The van der Waals surface area contributed by atoms with Gasteiger partial charge in [-0.2, -0.15) is 0 Å². The Kier molecular flexibility index (Phi) is 5.53. The van der Waals surface area contributed by atoms with Crippen LogP contribution in [0.1, 0.15) is 25.8 Å². The van der Waals surface area contributed by atoms with Gasteiger partial charge in [-0.1, -0.05) is 31.5 Å². The van der Waals surface area contributed by atoms with Crippen LogP contribution < -0.4 is 10.6 Å². The number of carbonyl (C=O) groups is 1. The Morgan fingerprint density at radius 1 is 1.24 bits per heavy atom. The van der Waals surface area contributed by atoms with Gasteiger partial charge in [0.2, 0.25) is 5.91 Å². The van der Waals surface area contributed by atoms with Crippen LogP contribution in [0, 0.1) is 12.8 Å². The maximum atomic E-state index is 11.5. The molecule has 0 saturated carbocycles. The first-order chi connectivity index (χ1) is 8.08. The van der Waals surface area contributed by atoms with E-state index in [1.807, 2.05) is 31.2 Å². The number of benzene rings is 1. The maximum absolute atomic E-state index is 11.5. The topological polar surface area (TPSA) is 41.1 Å². The van der Waals surface area contributed by atoms with Crippen molar-refractivity contribution in [2.75, 3.05) is 18.4 Å². The normalized spacial score (nSPS) is 10.4. The van der Waals surface area contributed by atoms with Gasteiger partial charge in [-0.05, 0) is 31.4 Å². The molecule has 0 aliphatic rings. The molecule has 0 radical (unpaired) electrons. The number of hydrogen-bond donors (Lipinski definition) is 2. The zero-order chi connectivity index (χ0) is 12.7. The second-order valence-corrected chi connectivity index (χ2v) is 4.75. The molecule has 0 unspecified atom stereocenters. The average molecular weight is 234 g/mol. The summed E-state index contributed by atoms with van der Waals surface area (Å²) in [7, 11) is 0. The van der Waals surface area contributed by atoms with Crippen molar-refractivity contribution in [3.05, 3.63) is 29.8 Å². The van der Waals surface area contributed by atoms with Crippen molar-refractivity contribution in [1.29, 1.82) is 0 Å². The molecule has 3 heteroatoms. The fourth-order valence-corrected chi connectivity index (χ4v) is 1.42. The minimum Gasteiger partial charge on any atom is -0.376 e. The van der Waals surface area contributed by atoms with Crippen molar-refractivity contribution in [3.8, 4) is 0 Å². The van der Waals surface area contributed by atoms with E-state index < -0.39 is 0 Å². The van der Waals surface area contributed by atoms with Crippen LogP contribution >= 0.6 is 0 Å². The van der Waals surface area contributed by atoms with E-state index in [0.29, 0.717) is 12.5 Å². The van der Waals surface area contributed by atoms with E-state index in [9.17, 15) is 4.79 Å². The third-order valence-electron chi connectivity index (χ3n) is 2.55. The Morgan fingerprint density at radius 2 is 1.88 bits per heavy atom. The van der Waals surface area contributed by atoms with Gasteiger partial charge < -0.3 is 10.6 Å². The molecule has 0 heterocycles. The van der Waals surface area contributed by atoms with Crippen LogP contribution in [0.3, 0.4) is 0 Å². The van der Waals surface area contributed by atoms with Crippen LogP contribution in [-0.4, -0.2) is 19.0 Å². The Morgan fingerprint density at radius 3 is 2.47 bits per heavy atom. The summed E-state index contributed by atoms with van der Waals surface area (Å²) in [6.45, 7) is 7.43. The summed E-state index contributed by atoms with van der Waals surface area (Å²) < 4.78 is 0. The predicted molar refractivity (Wildman–Crippen MR) is 72.1 cm³/mol. The van der Waals surface area contributed by atoms with Crippen LogP contribution in [0.15, 0.2) is 24.3 Å². The second kappa shape index (κ2) is 6.94. The molecule has 1 aromatic rings. The molecule has 94 valence electrons. The van der Waals surface area contributed by atoms with E-state index in [-0.39, 0.29) is 5.91 Å². The van der Waals surface area contributed by atoms with Gasteiger partial charge in [0.15, 0.2) is 0 Å². The van der Waals surface area contributed by atoms with Crippen molar-refractivity contribution in [1.82, 2.24) is 5.32 Å². The minimum absolute atomic E-state index is 0.0474. The molecule has 0 fully saturated rings. The number of rotatable bonds is 6. The van der Waals surface area contributed by atoms with Gasteiger partial charge in [-0.15, -0.1) is 0 Å². The highest BCUT2D eigenvalue weighted by atomic mass is 16.1. The van der Waals surface area contributed by atoms with Crippen LogP contribution in [0.5, 0.6) is 0 Å². The van der Waals surface area contributed by atoms with Crippen LogP contribution in [-0.2, 0) is 4.79 Å². The molecule has 1 rings (SSSR count). The first-order valence-electron chi connectivity index (χ1n) is 6.15. The van der Waals surface area contributed by atoms with Crippen LogP contribution in [0.25, 0.3) is 0 Å². The number of amides is 1. The quantitative estimate of drug-likeness (QED) is 0.794. The summed E-state index contributed by atoms with van der Waals surface area (Å²) in [6.07, 6.45) is 1.02. The summed E-state index contributed by atoms with van der Waals surface area (Å²) >= 11 is 0. The Hall–Kier alpha value is -1.51.